The molecule has 4 nitrogen and oxygen atoms in total. The van der Waals surface area contributed by atoms with Crippen LogP contribution in [0.5, 0.6) is 0 Å². The number of carbonyl (C=O) groups excluding carboxylic acids is 1. The minimum absolute atomic E-state index is 0.0394. The molecule has 5 heteroatoms. The lowest BCUT2D eigenvalue weighted by molar-refractivity contribution is -0.132. The first-order chi connectivity index (χ1) is 9.94. The predicted octanol–water partition coefficient (Wildman–Crippen LogP) is 2.64. The van der Waals surface area contributed by atoms with Crippen LogP contribution in [0.2, 0.25) is 0 Å². The molecule has 2 atom stereocenters. The van der Waals surface area contributed by atoms with E-state index in [1.807, 2.05) is 25.8 Å². The molecule has 0 radical (unpaired) electrons. The lowest BCUT2D eigenvalue weighted by atomic mass is 10.0. The zero-order chi connectivity index (χ0) is 16.0. The second-order valence-electron chi connectivity index (χ2n) is 5.45. The van der Waals surface area contributed by atoms with Gasteiger partial charge >= 0.3 is 0 Å². The highest BCUT2D eigenvalue weighted by Gasteiger charge is 2.26. The minimum atomic E-state index is 0.0394. The number of nitrogens with zero attached hydrogens (tertiary/aromatic N) is 2. The Morgan fingerprint density at radius 2 is 1.90 bits per heavy atom. The fraction of sp³-hybridized carbons (Fsp3) is 0.688. The topological polar surface area (TPSA) is 49.6 Å². The van der Waals surface area contributed by atoms with Crippen molar-refractivity contribution in [3.63, 3.8) is 0 Å². The number of aryl methyl sites for hydroxylation is 1. The number of carbonyl (C=O) groups is 1. The van der Waals surface area contributed by atoms with Crippen LogP contribution in [0.1, 0.15) is 43.0 Å². The number of hydrogen-bond acceptors (Lipinski definition) is 4. The largest absolute Gasteiger partial charge is 0.342 e. The van der Waals surface area contributed by atoms with Gasteiger partial charge in [-0.3, -0.25) is 9.69 Å². The molecule has 2 N–H and O–H groups in total. The summed E-state index contributed by atoms with van der Waals surface area (Å²) in [6.45, 7) is 10.1. The van der Waals surface area contributed by atoms with Crippen LogP contribution < -0.4 is 5.73 Å². The van der Waals surface area contributed by atoms with Crippen LogP contribution in [-0.2, 0) is 4.79 Å². The summed E-state index contributed by atoms with van der Waals surface area (Å²) in [5.41, 5.74) is 6.32. The molecule has 1 amide bonds. The number of thiophene rings is 1. The summed E-state index contributed by atoms with van der Waals surface area (Å²) in [6.07, 6.45) is 0.894. The third kappa shape index (κ3) is 4.80. The average molecular weight is 311 g/mol. The van der Waals surface area contributed by atoms with Crippen LogP contribution in [0.15, 0.2) is 12.1 Å². The SMILES string of the molecule is CCC(N)C(c1ccc(C)s1)N(C)CC(=O)N(CC)CC. The predicted molar refractivity (Wildman–Crippen MR) is 90.6 cm³/mol. The number of rotatable bonds is 8. The summed E-state index contributed by atoms with van der Waals surface area (Å²) < 4.78 is 0. The van der Waals surface area contributed by atoms with Gasteiger partial charge in [-0.25, -0.2) is 0 Å². The third-order valence-electron chi connectivity index (χ3n) is 3.91. The number of hydrogen-bond donors (Lipinski definition) is 1. The summed E-state index contributed by atoms with van der Waals surface area (Å²) in [6, 6.07) is 4.40. The molecule has 120 valence electrons. The van der Waals surface area contributed by atoms with E-state index in [0.717, 1.165) is 19.5 Å². The Morgan fingerprint density at radius 3 is 2.33 bits per heavy atom. The average Bonchev–Trinajstić information content (AvgIpc) is 2.86. The number of amides is 1. The van der Waals surface area contributed by atoms with E-state index in [4.69, 9.17) is 5.73 Å². The maximum Gasteiger partial charge on any atom is 0.236 e. The van der Waals surface area contributed by atoms with Crippen molar-refractivity contribution in [3.8, 4) is 0 Å². The van der Waals surface area contributed by atoms with Crippen molar-refractivity contribution < 1.29 is 4.79 Å². The Morgan fingerprint density at radius 1 is 1.29 bits per heavy atom. The highest BCUT2D eigenvalue weighted by molar-refractivity contribution is 7.12. The van der Waals surface area contributed by atoms with Gasteiger partial charge in [0.05, 0.1) is 12.6 Å². The van der Waals surface area contributed by atoms with Gasteiger partial charge < -0.3 is 10.6 Å². The molecule has 0 saturated heterocycles. The molecule has 1 rings (SSSR count). The Kier molecular flexibility index (Phi) is 7.35. The Hall–Kier alpha value is -0.910. The maximum absolute atomic E-state index is 12.3. The highest BCUT2D eigenvalue weighted by atomic mass is 32.1. The molecule has 0 aliphatic rings. The lowest BCUT2D eigenvalue weighted by Gasteiger charge is -2.32. The van der Waals surface area contributed by atoms with E-state index in [1.54, 1.807) is 11.3 Å². The molecule has 1 heterocycles. The summed E-state index contributed by atoms with van der Waals surface area (Å²) in [4.78, 5) is 18.8. The molecule has 0 aromatic carbocycles. The van der Waals surface area contributed by atoms with Crippen LogP contribution in [0.4, 0.5) is 0 Å². The second kappa shape index (κ2) is 8.51. The molecule has 1 aromatic heterocycles. The van der Waals surface area contributed by atoms with Gasteiger partial charge in [0, 0.05) is 28.9 Å². The van der Waals surface area contributed by atoms with Crippen molar-refractivity contribution in [2.75, 3.05) is 26.7 Å². The molecule has 0 saturated carbocycles. The van der Waals surface area contributed by atoms with Crippen molar-refractivity contribution in [2.24, 2.45) is 5.73 Å². The van der Waals surface area contributed by atoms with Crippen LogP contribution in [0.3, 0.4) is 0 Å². The van der Waals surface area contributed by atoms with Gasteiger partial charge in [0.15, 0.2) is 0 Å². The number of nitrogens with two attached hydrogens (primary N) is 1. The van der Waals surface area contributed by atoms with Crippen molar-refractivity contribution in [1.82, 2.24) is 9.80 Å². The summed E-state index contributed by atoms with van der Waals surface area (Å²) in [5, 5.41) is 0. The van der Waals surface area contributed by atoms with Crippen LogP contribution in [0.25, 0.3) is 0 Å². The molecule has 0 fully saturated rings. The van der Waals surface area contributed by atoms with Crippen LogP contribution >= 0.6 is 11.3 Å². The molecule has 0 bridgehead atoms. The smallest absolute Gasteiger partial charge is 0.236 e. The van der Waals surface area contributed by atoms with Crippen molar-refractivity contribution in [3.05, 3.63) is 21.9 Å². The van der Waals surface area contributed by atoms with Crippen molar-refractivity contribution in [1.29, 1.82) is 0 Å². The molecule has 0 aliphatic carbocycles. The molecular formula is C16H29N3OS. The van der Waals surface area contributed by atoms with E-state index < -0.39 is 0 Å². The van der Waals surface area contributed by atoms with E-state index in [1.165, 1.54) is 9.75 Å². The molecular weight excluding hydrogens is 282 g/mol. The molecule has 2 unspecified atom stereocenters. The fourth-order valence-corrected chi connectivity index (χ4v) is 3.70. The van der Waals surface area contributed by atoms with Gasteiger partial charge in [0.2, 0.25) is 5.91 Å². The Labute approximate surface area is 132 Å². The van der Waals surface area contributed by atoms with E-state index in [-0.39, 0.29) is 18.0 Å². The zero-order valence-electron chi connectivity index (χ0n) is 13.9. The monoisotopic (exact) mass is 311 g/mol. The quantitative estimate of drug-likeness (QED) is 0.803. The van der Waals surface area contributed by atoms with Crippen LogP contribution in [0, 0.1) is 6.92 Å². The van der Waals surface area contributed by atoms with E-state index in [2.05, 4.69) is 30.9 Å². The molecule has 0 spiro atoms. The summed E-state index contributed by atoms with van der Waals surface area (Å²) in [5.74, 6) is 0.170. The second-order valence-corrected chi connectivity index (χ2v) is 6.77. The fourth-order valence-electron chi connectivity index (χ4n) is 2.58. The summed E-state index contributed by atoms with van der Waals surface area (Å²) >= 11 is 1.77. The number of likely N-dealkylation sites (N-methyl/N-ethyl adjacent to an activating group) is 2. The summed E-state index contributed by atoms with van der Waals surface area (Å²) in [7, 11) is 2.00. The third-order valence-corrected chi connectivity index (χ3v) is 4.98. The molecule has 1 aromatic rings. The zero-order valence-corrected chi connectivity index (χ0v) is 14.7. The lowest BCUT2D eigenvalue weighted by Crippen LogP contribution is -2.44. The molecule has 0 aliphatic heterocycles. The van der Waals surface area contributed by atoms with Gasteiger partial charge in [-0.1, -0.05) is 6.92 Å². The normalized spacial score (nSPS) is 14.2. The highest BCUT2D eigenvalue weighted by Crippen LogP contribution is 2.29. The first kappa shape index (κ1) is 18.1. The van der Waals surface area contributed by atoms with E-state index in [9.17, 15) is 4.79 Å². The maximum atomic E-state index is 12.3. The standard InChI is InChI=1S/C16H29N3OS/c1-6-13(17)16(14-10-9-12(4)21-14)18(5)11-15(20)19(7-2)8-3/h9-10,13,16H,6-8,11,17H2,1-5H3. The molecule has 21 heavy (non-hydrogen) atoms. The minimum Gasteiger partial charge on any atom is -0.342 e. The first-order valence-electron chi connectivity index (χ1n) is 7.74. The van der Waals surface area contributed by atoms with Gasteiger partial charge in [0.1, 0.15) is 0 Å². The van der Waals surface area contributed by atoms with E-state index in [0.29, 0.717) is 6.54 Å². The van der Waals surface area contributed by atoms with Gasteiger partial charge in [-0.05, 0) is 46.4 Å². The first-order valence-corrected chi connectivity index (χ1v) is 8.56. The van der Waals surface area contributed by atoms with E-state index >= 15 is 0 Å². The van der Waals surface area contributed by atoms with Crippen LogP contribution in [-0.4, -0.2) is 48.4 Å². The van der Waals surface area contributed by atoms with Gasteiger partial charge in [-0.2, -0.15) is 0 Å². The van der Waals surface area contributed by atoms with Crippen molar-refractivity contribution >= 4 is 17.2 Å². The Bertz CT molecular complexity index is 442. The van der Waals surface area contributed by atoms with Gasteiger partial charge in [0.25, 0.3) is 0 Å². The Balaban J connectivity index is 2.86. The van der Waals surface area contributed by atoms with Crippen molar-refractivity contribution in [2.45, 2.75) is 46.2 Å². The van der Waals surface area contributed by atoms with Gasteiger partial charge in [-0.15, -0.1) is 11.3 Å².